The van der Waals surface area contributed by atoms with E-state index in [9.17, 15) is 4.79 Å². The molecule has 94 valence electrons. The minimum absolute atomic E-state index is 0.161. The third-order valence-corrected chi connectivity index (χ3v) is 4.35. The maximum absolute atomic E-state index is 12.2. The first kappa shape index (κ1) is 11.5. The van der Waals surface area contributed by atoms with Gasteiger partial charge in [-0.3, -0.25) is 4.79 Å². The van der Waals surface area contributed by atoms with E-state index in [2.05, 4.69) is 18.8 Å². The summed E-state index contributed by atoms with van der Waals surface area (Å²) >= 11 is 0. The van der Waals surface area contributed by atoms with Crippen molar-refractivity contribution in [1.82, 2.24) is 4.98 Å². The number of benzene rings is 1. The molecule has 0 amide bonds. The van der Waals surface area contributed by atoms with Crippen LogP contribution in [-0.2, 0) is 0 Å². The lowest BCUT2D eigenvalue weighted by Crippen LogP contribution is -2.08. The second-order valence-electron chi connectivity index (χ2n) is 5.50. The zero-order valence-corrected chi connectivity index (χ0v) is 11.0. The smallest absolute Gasteiger partial charge is 0.189 e. The first-order valence-corrected chi connectivity index (χ1v) is 6.80. The summed E-state index contributed by atoms with van der Waals surface area (Å²) in [5.41, 5.74) is 4.77. The summed E-state index contributed by atoms with van der Waals surface area (Å²) in [6.45, 7) is 4.18. The van der Waals surface area contributed by atoms with E-state index in [1.807, 2.05) is 18.2 Å². The average Bonchev–Trinajstić information content (AvgIpc) is 2.88. The number of nitrogens with one attached hydrogen (secondary N) is 1. The van der Waals surface area contributed by atoms with Gasteiger partial charge in [0.05, 0.1) is 5.52 Å². The molecule has 0 bridgehead atoms. The first-order valence-electron chi connectivity index (χ1n) is 6.80. The molecule has 1 aromatic carbocycles. The highest BCUT2D eigenvalue weighted by Gasteiger charge is 2.19. The summed E-state index contributed by atoms with van der Waals surface area (Å²) in [6.07, 6.45) is 5.01. The number of hydrogen-bond donors (Lipinski definition) is 1. The van der Waals surface area contributed by atoms with Crippen LogP contribution in [0.2, 0.25) is 0 Å². The summed E-state index contributed by atoms with van der Waals surface area (Å²) in [4.78, 5) is 15.7. The number of aromatic nitrogens is 1. The maximum Gasteiger partial charge on any atom is 0.189 e. The van der Waals surface area contributed by atoms with Crippen LogP contribution in [0.3, 0.4) is 0 Å². The molecule has 1 saturated carbocycles. The molecule has 18 heavy (non-hydrogen) atoms. The van der Waals surface area contributed by atoms with E-state index in [1.54, 1.807) is 0 Å². The van der Waals surface area contributed by atoms with Crippen LogP contribution in [-0.4, -0.2) is 4.98 Å². The third-order valence-electron chi connectivity index (χ3n) is 4.35. The molecular weight excluding hydrogens is 222 g/mol. The molecule has 0 radical (unpaired) electrons. The van der Waals surface area contributed by atoms with Crippen LogP contribution in [0, 0.1) is 13.8 Å². The zero-order chi connectivity index (χ0) is 12.7. The Labute approximate surface area is 107 Å². The van der Waals surface area contributed by atoms with E-state index in [0.29, 0.717) is 5.92 Å². The predicted octanol–water partition coefficient (Wildman–Crippen LogP) is 3.80. The molecule has 1 N–H and O–H groups in total. The van der Waals surface area contributed by atoms with Crippen LogP contribution in [0.4, 0.5) is 0 Å². The molecule has 2 heteroatoms. The van der Waals surface area contributed by atoms with Crippen LogP contribution in [0.25, 0.3) is 10.9 Å². The standard InChI is InChI=1S/C16H19NO/c1-10-7-8-13-15(18)9-14(12-5-3-4-6-12)17-16(13)11(10)2/h7-9,12H,3-6H2,1-2H3,(H,17,18). The largest absolute Gasteiger partial charge is 0.358 e. The van der Waals surface area contributed by atoms with Gasteiger partial charge in [0, 0.05) is 17.1 Å². The van der Waals surface area contributed by atoms with Crippen molar-refractivity contribution in [3.05, 3.63) is 45.2 Å². The van der Waals surface area contributed by atoms with Crippen LogP contribution in [0.15, 0.2) is 23.0 Å². The second kappa shape index (κ2) is 4.27. The monoisotopic (exact) mass is 241 g/mol. The molecule has 0 spiro atoms. The lowest BCUT2D eigenvalue weighted by molar-refractivity contribution is 0.700. The highest BCUT2D eigenvalue weighted by atomic mass is 16.1. The topological polar surface area (TPSA) is 32.9 Å². The number of hydrogen-bond acceptors (Lipinski definition) is 1. The maximum atomic E-state index is 12.2. The van der Waals surface area contributed by atoms with Crippen molar-refractivity contribution < 1.29 is 0 Å². The van der Waals surface area contributed by atoms with Crippen molar-refractivity contribution in [2.75, 3.05) is 0 Å². The first-order chi connectivity index (χ1) is 8.66. The minimum atomic E-state index is 0.161. The molecule has 1 fully saturated rings. The molecule has 1 aliphatic carbocycles. The predicted molar refractivity (Wildman–Crippen MR) is 75.3 cm³/mol. The number of rotatable bonds is 1. The Morgan fingerprint density at radius 1 is 1.17 bits per heavy atom. The van der Waals surface area contributed by atoms with Gasteiger partial charge in [0.25, 0.3) is 0 Å². The summed E-state index contributed by atoms with van der Waals surface area (Å²) in [5.74, 6) is 0.557. The highest BCUT2D eigenvalue weighted by Crippen LogP contribution is 2.33. The van der Waals surface area contributed by atoms with Gasteiger partial charge in [-0.2, -0.15) is 0 Å². The van der Waals surface area contributed by atoms with Gasteiger partial charge in [0.1, 0.15) is 0 Å². The van der Waals surface area contributed by atoms with Gasteiger partial charge in [0.15, 0.2) is 5.43 Å². The third kappa shape index (κ3) is 1.76. The van der Waals surface area contributed by atoms with Gasteiger partial charge in [-0.05, 0) is 49.8 Å². The van der Waals surface area contributed by atoms with E-state index in [4.69, 9.17) is 0 Å². The van der Waals surface area contributed by atoms with Gasteiger partial charge in [-0.1, -0.05) is 18.9 Å². The SMILES string of the molecule is Cc1ccc2c(=O)cc(C3CCCC3)[nH]c2c1C. The quantitative estimate of drug-likeness (QED) is 0.809. The van der Waals surface area contributed by atoms with Crippen molar-refractivity contribution >= 4 is 10.9 Å². The number of aromatic amines is 1. The van der Waals surface area contributed by atoms with E-state index >= 15 is 0 Å². The Hall–Kier alpha value is -1.57. The Balaban J connectivity index is 2.24. The number of aryl methyl sites for hydroxylation is 2. The van der Waals surface area contributed by atoms with Crippen LogP contribution < -0.4 is 5.43 Å². The van der Waals surface area contributed by atoms with Crippen LogP contribution >= 0.6 is 0 Å². The molecule has 2 nitrogen and oxygen atoms in total. The van der Waals surface area contributed by atoms with E-state index < -0.39 is 0 Å². The van der Waals surface area contributed by atoms with Gasteiger partial charge in [-0.15, -0.1) is 0 Å². The normalized spacial score (nSPS) is 16.6. The molecule has 0 saturated heterocycles. The van der Waals surface area contributed by atoms with Crippen molar-refractivity contribution in [2.45, 2.75) is 45.4 Å². The molecular formula is C16H19NO. The van der Waals surface area contributed by atoms with Crippen molar-refractivity contribution in [3.63, 3.8) is 0 Å². The van der Waals surface area contributed by atoms with Crippen LogP contribution in [0.1, 0.15) is 48.4 Å². The Morgan fingerprint density at radius 3 is 2.61 bits per heavy atom. The Kier molecular flexibility index (Phi) is 2.73. The zero-order valence-electron chi connectivity index (χ0n) is 11.0. The summed E-state index contributed by atoms with van der Waals surface area (Å²) in [6, 6.07) is 5.78. The minimum Gasteiger partial charge on any atom is -0.358 e. The molecule has 2 aromatic rings. The van der Waals surface area contributed by atoms with Gasteiger partial charge < -0.3 is 4.98 Å². The molecule has 1 aromatic heterocycles. The Bertz CT molecular complexity index is 648. The fourth-order valence-corrected chi connectivity index (χ4v) is 3.04. The van der Waals surface area contributed by atoms with E-state index in [0.717, 1.165) is 16.6 Å². The lowest BCUT2D eigenvalue weighted by Gasteiger charge is -2.12. The molecule has 0 unspecified atom stereocenters. The van der Waals surface area contributed by atoms with Gasteiger partial charge in [-0.25, -0.2) is 0 Å². The molecule has 1 aliphatic rings. The Morgan fingerprint density at radius 2 is 1.89 bits per heavy atom. The highest BCUT2D eigenvalue weighted by molar-refractivity contribution is 5.82. The summed E-state index contributed by atoms with van der Waals surface area (Å²) in [7, 11) is 0. The van der Waals surface area contributed by atoms with Crippen molar-refractivity contribution in [1.29, 1.82) is 0 Å². The summed E-state index contributed by atoms with van der Waals surface area (Å²) in [5, 5.41) is 0.819. The van der Waals surface area contributed by atoms with Gasteiger partial charge >= 0.3 is 0 Å². The molecule has 0 aliphatic heterocycles. The molecule has 1 heterocycles. The van der Waals surface area contributed by atoms with Gasteiger partial charge in [0.2, 0.25) is 0 Å². The van der Waals surface area contributed by atoms with Crippen molar-refractivity contribution in [2.24, 2.45) is 0 Å². The van der Waals surface area contributed by atoms with Crippen LogP contribution in [0.5, 0.6) is 0 Å². The number of H-pyrrole nitrogens is 1. The molecule has 3 rings (SSSR count). The average molecular weight is 241 g/mol. The fraction of sp³-hybridized carbons (Fsp3) is 0.438. The fourth-order valence-electron chi connectivity index (χ4n) is 3.04. The lowest BCUT2D eigenvalue weighted by atomic mass is 10.00. The second-order valence-corrected chi connectivity index (χ2v) is 5.50. The molecule has 0 atom stereocenters. The van der Waals surface area contributed by atoms with E-state index in [1.165, 1.54) is 36.8 Å². The van der Waals surface area contributed by atoms with E-state index in [-0.39, 0.29) is 5.43 Å². The summed E-state index contributed by atoms with van der Waals surface area (Å²) < 4.78 is 0. The number of fused-ring (bicyclic) bond motifs is 1. The van der Waals surface area contributed by atoms with Crippen molar-refractivity contribution in [3.8, 4) is 0 Å². The number of pyridine rings is 1.